The highest BCUT2D eigenvalue weighted by atomic mass is 35.5. The molecule has 0 saturated carbocycles. The SMILES string of the molecule is COC(=O)CCCNCCN(CCC(=O)O)c1ccc(OC(F)(F)F)c(Cl)c1.Cl.Cl. The van der Waals surface area contributed by atoms with Gasteiger partial charge in [0, 0.05) is 31.7 Å². The van der Waals surface area contributed by atoms with Gasteiger partial charge in [-0.15, -0.1) is 38.0 Å². The molecule has 0 atom stereocenters. The number of carbonyl (C=O) groups excluding carboxylic acids is 1. The van der Waals surface area contributed by atoms with Gasteiger partial charge >= 0.3 is 18.3 Å². The quantitative estimate of drug-likeness (QED) is 0.333. The second-order valence-corrected chi connectivity index (χ2v) is 6.13. The van der Waals surface area contributed by atoms with E-state index in [1.165, 1.54) is 19.2 Å². The molecule has 2 N–H and O–H groups in total. The topological polar surface area (TPSA) is 88.1 Å². The number of methoxy groups -OCH3 is 1. The third-order valence-electron chi connectivity index (χ3n) is 3.62. The molecule has 1 aromatic rings. The van der Waals surface area contributed by atoms with Crippen LogP contribution in [-0.2, 0) is 14.3 Å². The summed E-state index contributed by atoms with van der Waals surface area (Å²) in [6.07, 6.45) is -4.15. The largest absolute Gasteiger partial charge is 0.573 e. The van der Waals surface area contributed by atoms with E-state index < -0.39 is 18.1 Å². The van der Waals surface area contributed by atoms with Crippen LogP contribution in [-0.4, -0.2) is 56.7 Å². The Morgan fingerprint density at radius 2 is 1.83 bits per heavy atom. The van der Waals surface area contributed by atoms with Crippen molar-refractivity contribution >= 4 is 54.0 Å². The van der Waals surface area contributed by atoms with Crippen molar-refractivity contribution in [2.45, 2.75) is 25.6 Å². The number of benzene rings is 1. The van der Waals surface area contributed by atoms with Gasteiger partial charge in [0.2, 0.25) is 0 Å². The van der Waals surface area contributed by atoms with Crippen molar-refractivity contribution in [2.75, 3.05) is 38.2 Å². The lowest BCUT2D eigenvalue weighted by molar-refractivity contribution is -0.274. The first kappa shape index (κ1) is 30.6. The van der Waals surface area contributed by atoms with Crippen LogP contribution in [0.5, 0.6) is 5.75 Å². The van der Waals surface area contributed by atoms with Gasteiger partial charge < -0.3 is 24.8 Å². The number of carboxylic acids is 1. The molecule has 0 aliphatic heterocycles. The molecule has 0 saturated heterocycles. The van der Waals surface area contributed by atoms with Gasteiger partial charge in [0.25, 0.3) is 0 Å². The van der Waals surface area contributed by atoms with E-state index in [4.69, 9.17) is 16.7 Å². The first-order valence-electron chi connectivity index (χ1n) is 8.42. The lowest BCUT2D eigenvalue weighted by Gasteiger charge is -2.25. The van der Waals surface area contributed by atoms with E-state index >= 15 is 0 Å². The summed E-state index contributed by atoms with van der Waals surface area (Å²) in [6.45, 7) is 1.57. The maximum absolute atomic E-state index is 12.3. The van der Waals surface area contributed by atoms with E-state index in [1.807, 2.05) is 0 Å². The van der Waals surface area contributed by atoms with Gasteiger partial charge in [0.05, 0.1) is 18.6 Å². The molecule has 13 heteroatoms. The van der Waals surface area contributed by atoms with Crippen LogP contribution in [0.2, 0.25) is 5.02 Å². The number of nitrogens with one attached hydrogen (secondary N) is 1. The predicted molar refractivity (Wildman–Crippen MR) is 111 cm³/mol. The molecule has 0 bridgehead atoms. The number of rotatable bonds is 12. The third kappa shape index (κ3) is 12.8. The van der Waals surface area contributed by atoms with E-state index in [9.17, 15) is 22.8 Å². The van der Waals surface area contributed by atoms with Crippen LogP contribution in [0.15, 0.2) is 18.2 Å². The van der Waals surface area contributed by atoms with Crippen LogP contribution >= 0.6 is 36.4 Å². The Bertz CT molecular complexity index is 666. The molecule has 0 heterocycles. The Morgan fingerprint density at radius 3 is 2.37 bits per heavy atom. The van der Waals surface area contributed by atoms with Crippen molar-refractivity contribution in [3.63, 3.8) is 0 Å². The van der Waals surface area contributed by atoms with Crippen LogP contribution in [0.4, 0.5) is 18.9 Å². The number of carbonyl (C=O) groups is 2. The Hall–Kier alpha value is -1.62. The highest BCUT2D eigenvalue weighted by Crippen LogP contribution is 2.33. The molecule has 0 aliphatic rings. The molecule has 0 spiro atoms. The maximum atomic E-state index is 12.3. The first-order valence-corrected chi connectivity index (χ1v) is 8.79. The minimum absolute atomic E-state index is 0. The number of hydrogen-bond acceptors (Lipinski definition) is 6. The summed E-state index contributed by atoms with van der Waals surface area (Å²) in [4.78, 5) is 23.6. The number of anilines is 1. The molecular formula is C17H24Cl3F3N2O5. The maximum Gasteiger partial charge on any atom is 0.573 e. The molecule has 0 aromatic heterocycles. The van der Waals surface area contributed by atoms with E-state index in [0.717, 1.165) is 6.07 Å². The number of carboxylic acid groups (broad SMARTS) is 1. The molecule has 1 aromatic carbocycles. The van der Waals surface area contributed by atoms with Gasteiger partial charge in [-0.1, -0.05) is 11.6 Å². The van der Waals surface area contributed by atoms with Crippen LogP contribution in [0.25, 0.3) is 0 Å². The van der Waals surface area contributed by atoms with Gasteiger partial charge in [0.15, 0.2) is 0 Å². The van der Waals surface area contributed by atoms with E-state index in [2.05, 4.69) is 14.8 Å². The molecule has 0 radical (unpaired) electrons. The van der Waals surface area contributed by atoms with E-state index in [1.54, 1.807) is 4.90 Å². The fourth-order valence-electron chi connectivity index (χ4n) is 2.29. The van der Waals surface area contributed by atoms with Crippen LogP contribution < -0.4 is 15.0 Å². The summed E-state index contributed by atoms with van der Waals surface area (Å²) >= 11 is 5.86. The highest BCUT2D eigenvalue weighted by molar-refractivity contribution is 6.32. The molecule has 174 valence electrons. The molecule has 30 heavy (non-hydrogen) atoms. The lowest BCUT2D eigenvalue weighted by Crippen LogP contribution is -2.34. The molecule has 0 aliphatic carbocycles. The molecule has 0 fully saturated rings. The second kappa shape index (κ2) is 15.2. The van der Waals surface area contributed by atoms with Crippen molar-refractivity contribution in [1.82, 2.24) is 5.32 Å². The zero-order chi connectivity index (χ0) is 21.2. The summed E-state index contributed by atoms with van der Waals surface area (Å²) in [5, 5.41) is 11.8. The van der Waals surface area contributed by atoms with Gasteiger partial charge in [-0.25, -0.2) is 0 Å². The zero-order valence-electron chi connectivity index (χ0n) is 16.0. The standard InChI is InChI=1S/C17H22ClF3N2O5.2ClH/c1-27-16(26)3-2-7-22-8-10-23(9-6-15(24)25)12-4-5-14(13(18)11-12)28-17(19,20)21;;/h4-5,11,22H,2-3,6-10H2,1H3,(H,24,25);2*1H. The smallest absolute Gasteiger partial charge is 0.481 e. The summed E-state index contributed by atoms with van der Waals surface area (Å²) < 4.78 is 45.4. The number of alkyl halides is 3. The van der Waals surface area contributed by atoms with E-state index in [0.29, 0.717) is 31.7 Å². The molecule has 7 nitrogen and oxygen atoms in total. The molecule has 0 amide bonds. The monoisotopic (exact) mass is 498 g/mol. The molecule has 0 unspecified atom stereocenters. The normalized spacial score (nSPS) is 10.4. The van der Waals surface area contributed by atoms with Crippen molar-refractivity contribution in [2.24, 2.45) is 0 Å². The Labute approximate surface area is 189 Å². The number of esters is 1. The van der Waals surface area contributed by atoms with Crippen molar-refractivity contribution in [3.8, 4) is 5.75 Å². The summed E-state index contributed by atoms with van der Waals surface area (Å²) in [5.74, 6) is -1.84. The summed E-state index contributed by atoms with van der Waals surface area (Å²) in [6, 6.07) is 3.76. The third-order valence-corrected chi connectivity index (χ3v) is 3.92. The minimum atomic E-state index is -4.86. The Balaban J connectivity index is 0. The molecule has 1 rings (SSSR count). The zero-order valence-corrected chi connectivity index (χ0v) is 18.4. The number of ether oxygens (including phenoxy) is 2. The number of nitrogens with zero attached hydrogens (tertiary/aromatic N) is 1. The van der Waals surface area contributed by atoms with Crippen molar-refractivity contribution < 1.29 is 37.3 Å². The summed E-state index contributed by atoms with van der Waals surface area (Å²) in [7, 11) is 1.31. The Morgan fingerprint density at radius 1 is 1.17 bits per heavy atom. The van der Waals surface area contributed by atoms with Crippen LogP contribution in [0.3, 0.4) is 0 Å². The van der Waals surface area contributed by atoms with E-state index in [-0.39, 0.29) is 55.2 Å². The number of hydrogen-bond donors (Lipinski definition) is 2. The van der Waals surface area contributed by atoms with Crippen LogP contribution in [0.1, 0.15) is 19.3 Å². The van der Waals surface area contributed by atoms with Crippen molar-refractivity contribution in [1.29, 1.82) is 0 Å². The summed E-state index contributed by atoms with van der Waals surface area (Å²) in [5.41, 5.74) is 0.470. The molecular weight excluding hydrogens is 476 g/mol. The van der Waals surface area contributed by atoms with Gasteiger partial charge in [-0.2, -0.15) is 0 Å². The number of aliphatic carboxylic acids is 1. The average molecular weight is 500 g/mol. The first-order chi connectivity index (χ1) is 13.1. The fourth-order valence-corrected chi connectivity index (χ4v) is 2.51. The second-order valence-electron chi connectivity index (χ2n) is 5.72. The predicted octanol–water partition coefficient (Wildman–Crippen LogP) is 3.91. The van der Waals surface area contributed by atoms with Crippen molar-refractivity contribution in [3.05, 3.63) is 23.2 Å². The highest BCUT2D eigenvalue weighted by Gasteiger charge is 2.32. The minimum Gasteiger partial charge on any atom is -0.481 e. The Kier molecular flexibility index (Phi) is 15.5. The lowest BCUT2D eigenvalue weighted by atomic mass is 10.2. The fraction of sp³-hybridized carbons (Fsp3) is 0.529. The number of halogens is 6. The van der Waals surface area contributed by atoms with Gasteiger partial charge in [-0.3, -0.25) is 9.59 Å². The van der Waals surface area contributed by atoms with Crippen LogP contribution in [0, 0.1) is 0 Å². The average Bonchev–Trinajstić information content (AvgIpc) is 2.60. The van der Waals surface area contributed by atoms with Gasteiger partial charge in [0.1, 0.15) is 5.75 Å². The van der Waals surface area contributed by atoms with Gasteiger partial charge in [-0.05, 0) is 31.2 Å².